The van der Waals surface area contributed by atoms with Crippen LogP contribution in [0.3, 0.4) is 0 Å². The molecule has 1 aromatic heterocycles. The molecule has 1 aromatic carbocycles. The number of anilines is 1. The van der Waals surface area contributed by atoms with Gasteiger partial charge in [0, 0.05) is 0 Å². The Labute approximate surface area is 174 Å². The topological polar surface area (TPSA) is 159 Å². The molecule has 2 aliphatic heterocycles. The second-order valence-electron chi connectivity index (χ2n) is 7.05. The van der Waals surface area contributed by atoms with E-state index in [0.717, 1.165) is 6.20 Å². The van der Waals surface area contributed by atoms with Crippen molar-refractivity contribution in [2.75, 3.05) is 12.3 Å². The zero-order valence-corrected chi connectivity index (χ0v) is 16.8. The van der Waals surface area contributed by atoms with Gasteiger partial charge in [-0.3, -0.25) is 0 Å². The summed E-state index contributed by atoms with van der Waals surface area (Å²) >= 11 is 0. The van der Waals surface area contributed by atoms with Crippen molar-refractivity contribution in [3.63, 3.8) is 0 Å². The van der Waals surface area contributed by atoms with Gasteiger partial charge in [-0.1, -0.05) is 0 Å². The molecule has 0 aliphatic carbocycles. The second kappa shape index (κ2) is 8.02. The Morgan fingerprint density at radius 2 is 2.10 bits per heavy atom. The first-order chi connectivity index (χ1) is 14.7. The molecule has 2 aliphatic rings. The summed E-state index contributed by atoms with van der Waals surface area (Å²) in [6, 6.07) is 7.79. The summed E-state index contributed by atoms with van der Waals surface area (Å²) in [6.45, 7) is -1.18. The number of rotatable bonds is 5. The summed E-state index contributed by atoms with van der Waals surface area (Å²) in [5, 5.41) is 20.7. The van der Waals surface area contributed by atoms with Crippen LogP contribution in [0.2, 0.25) is 0 Å². The summed E-state index contributed by atoms with van der Waals surface area (Å²) < 4.78 is 49.8. The van der Waals surface area contributed by atoms with Crippen molar-refractivity contribution < 1.29 is 42.2 Å². The fourth-order valence-electron chi connectivity index (χ4n) is 3.35. The van der Waals surface area contributed by atoms with Crippen molar-refractivity contribution in [2.24, 2.45) is 0 Å². The van der Waals surface area contributed by atoms with Gasteiger partial charge in [-0.05, 0) is 0 Å². The van der Waals surface area contributed by atoms with Gasteiger partial charge in [-0.25, -0.2) is 0 Å². The monoisotopic (exact) mass is 463 g/mol. The normalized spacial score (nSPS) is 30.6. The Hall–Kier alpha value is -2.25. The predicted octanol–water partition coefficient (Wildman–Crippen LogP) is 0.108. The van der Waals surface area contributed by atoms with Crippen LogP contribution in [0.1, 0.15) is 11.8 Å². The number of aliphatic hydroxyl groups excluding tert-OH is 2. The number of para-hydroxylation sites is 1. The first kappa shape index (κ1) is 22.0. The molecule has 0 spiro atoms. The number of halogens is 2. The van der Waals surface area contributed by atoms with Crippen LogP contribution in [0.5, 0.6) is 5.75 Å². The number of fused-ring (bicyclic) bond motifs is 1. The number of nitrogens with zero attached hydrogens (tertiary/aromatic N) is 2. The van der Waals surface area contributed by atoms with Crippen molar-refractivity contribution in [3.8, 4) is 5.75 Å². The second-order valence-corrected chi connectivity index (χ2v) is 8.88. The Kier molecular flexibility index (Phi) is 5.68. The molecule has 0 bridgehead atoms. The molecule has 3 heterocycles. The third kappa shape index (κ3) is 3.89. The molecule has 1 fully saturated rings. The molecule has 170 valence electrons. The number of hydrogen-bond donors (Lipinski definition) is 4. The molecule has 0 amide bonds. The van der Waals surface area contributed by atoms with E-state index < -0.39 is 50.9 Å². The van der Waals surface area contributed by atoms with Crippen LogP contribution in [-0.2, 0) is 20.4 Å². The molecule has 0 saturated carbocycles. The molecule has 11 nitrogen and oxygen atoms in total. The average molecular weight is 463 g/mol. The first-order valence-electron chi connectivity index (χ1n) is 9.09. The van der Waals surface area contributed by atoms with Gasteiger partial charge in [0.05, 0.1) is 0 Å². The van der Waals surface area contributed by atoms with Gasteiger partial charge < -0.3 is 0 Å². The third-order valence-corrected chi connectivity index (χ3v) is 6.55. The van der Waals surface area contributed by atoms with E-state index >= 15 is 0 Å². The maximum absolute atomic E-state index is 14.0. The number of nitrogen functional groups attached to an aromatic ring is 1. The van der Waals surface area contributed by atoms with E-state index in [2.05, 4.69) is 4.98 Å². The Morgan fingerprint density at radius 3 is 2.81 bits per heavy atom. The van der Waals surface area contributed by atoms with Gasteiger partial charge in [0.15, 0.2) is 0 Å². The fourth-order valence-corrected chi connectivity index (χ4v) is 4.77. The van der Waals surface area contributed by atoms with Gasteiger partial charge in [0.2, 0.25) is 0 Å². The quantitative estimate of drug-likeness (QED) is 0.449. The van der Waals surface area contributed by atoms with E-state index in [-0.39, 0.29) is 18.2 Å². The van der Waals surface area contributed by atoms with Crippen LogP contribution in [-0.4, -0.2) is 55.5 Å². The van der Waals surface area contributed by atoms with Gasteiger partial charge in [-0.15, -0.1) is 0 Å². The van der Waals surface area contributed by atoms with E-state index in [0.29, 0.717) is 10.1 Å². The molecule has 0 unspecified atom stereocenters. The number of nitrogens with two attached hydrogens (primary N) is 1. The number of aromatic nitrogens is 2. The fraction of sp³-hybridized carbons (Fsp3) is 0.412. The Morgan fingerprint density at radius 1 is 1.35 bits per heavy atom. The van der Waals surface area contributed by atoms with Crippen LogP contribution < -0.4 is 15.9 Å². The third-order valence-electron chi connectivity index (χ3n) is 5.05. The molecule has 31 heavy (non-hydrogen) atoms. The minimum atomic E-state index is -4.42. The van der Waals surface area contributed by atoms with Gasteiger partial charge in [0.25, 0.3) is 0 Å². The summed E-state index contributed by atoms with van der Waals surface area (Å²) in [5.74, 6) is 0.136. The van der Waals surface area contributed by atoms with Crippen LogP contribution in [0.15, 0.2) is 41.3 Å². The predicted molar refractivity (Wildman–Crippen MR) is 102 cm³/mol. The number of ether oxygens (including phenoxy) is 1. The zero-order valence-electron chi connectivity index (χ0n) is 15.8. The van der Waals surface area contributed by atoms with Crippen molar-refractivity contribution in [2.45, 2.75) is 37.1 Å². The van der Waals surface area contributed by atoms with Crippen molar-refractivity contribution in [3.05, 3.63) is 52.6 Å². The van der Waals surface area contributed by atoms with Crippen molar-refractivity contribution in [1.29, 1.82) is 0 Å². The molecular formula is C17H20F2N3O8P. The van der Waals surface area contributed by atoms with E-state index in [4.69, 9.17) is 24.0 Å². The first-order valence-corrected chi connectivity index (χ1v) is 10.8. The van der Waals surface area contributed by atoms with Gasteiger partial charge in [-0.2, -0.15) is 0 Å². The number of aliphatic hydroxyl groups is 2. The standard InChI is InChI=1S/C17H20F2N3O8P/c18-15(19)17(8-28-31(26)27-7-9-3-1-2-4-10(9)30-31)13(24)12(23)14(29-17)22-6-5-11(20)21-16(22)25/h1-6,12-15,23-24,26,31H,7-8H2,(H2,20,21,25)/t12-,13+,14-,17-/m1/s1. The number of benzene rings is 1. The molecule has 2 aromatic rings. The van der Waals surface area contributed by atoms with Gasteiger partial charge >= 0.3 is 173 Å². The SMILES string of the molecule is Nc1ccn([C@@H]2O[C@@](CO[PH]3(O)OCc4ccccc4O3)(C(F)F)[C@@H](O)[C@H]2O)c(=O)n1. The van der Waals surface area contributed by atoms with E-state index in [9.17, 15) is 28.7 Å². The van der Waals surface area contributed by atoms with Crippen molar-refractivity contribution in [1.82, 2.24) is 9.55 Å². The molecule has 4 rings (SSSR count). The average Bonchev–Trinajstić information content (AvgIpc) is 2.98. The summed E-state index contributed by atoms with van der Waals surface area (Å²) in [4.78, 5) is 26.0. The summed E-state index contributed by atoms with van der Waals surface area (Å²) in [5.41, 5.74) is 2.25. The molecule has 4 atom stereocenters. The van der Waals surface area contributed by atoms with E-state index in [1.165, 1.54) is 6.07 Å². The number of hydrogen-bond acceptors (Lipinski definition) is 10. The zero-order chi connectivity index (χ0) is 22.4. The molecule has 5 N–H and O–H groups in total. The van der Waals surface area contributed by atoms with E-state index in [1.807, 2.05) is 0 Å². The molecule has 14 heteroatoms. The van der Waals surface area contributed by atoms with Gasteiger partial charge in [0.1, 0.15) is 0 Å². The molecule has 0 radical (unpaired) electrons. The molecular weight excluding hydrogens is 443 g/mol. The Bertz CT molecular complexity index is 1030. The maximum atomic E-state index is 14.0. The summed E-state index contributed by atoms with van der Waals surface area (Å²) in [7, 11) is -4.42. The van der Waals surface area contributed by atoms with Crippen molar-refractivity contribution >= 4 is 14.0 Å². The summed E-state index contributed by atoms with van der Waals surface area (Å²) in [6.07, 6.45) is -8.13. The minimum absolute atomic E-state index is 0.0816. The number of alkyl halides is 2. The van der Waals surface area contributed by atoms with E-state index in [1.54, 1.807) is 24.3 Å². The van der Waals surface area contributed by atoms with Crippen LogP contribution >= 0.6 is 8.17 Å². The van der Waals surface area contributed by atoms with Crippen LogP contribution in [0.25, 0.3) is 0 Å². The Balaban J connectivity index is 1.57. The van der Waals surface area contributed by atoms with Crippen LogP contribution in [0.4, 0.5) is 14.6 Å². The molecule has 1 saturated heterocycles. The van der Waals surface area contributed by atoms with Crippen LogP contribution in [0, 0.1) is 0 Å².